The lowest BCUT2D eigenvalue weighted by Gasteiger charge is -2.08. The lowest BCUT2D eigenvalue weighted by Crippen LogP contribution is -2.01. The maximum absolute atomic E-state index is 13.6. The molecule has 0 unspecified atom stereocenters. The fraction of sp³-hybridized carbons (Fsp3) is 0.0769. The minimum atomic E-state index is -0.253. The monoisotopic (exact) mass is 347 g/mol. The molecule has 2 aromatic rings. The summed E-state index contributed by atoms with van der Waals surface area (Å²) in [5.41, 5.74) is 1.39. The van der Waals surface area contributed by atoms with Crippen LogP contribution in [0, 0.1) is 5.82 Å². The summed E-state index contributed by atoms with van der Waals surface area (Å²) in [4.78, 5) is 0. The number of anilines is 1. The van der Waals surface area contributed by atoms with Crippen molar-refractivity contribution in [3.63, 3.8) is 0 Å². The zero-order valence-corrected chi connectivity index (χ0v) is 12.3. The van der Waals surface area contributed by atoms with Gasteiger partial charge in [-0.05, 0) is 30.3 Å². The van der Waals surface area contributed by atoms with Crippen LogP contribution in [0.25, 0.3) is 0 Å². The predicted octanol–water partition coefficient (Wildman–Crippen LogP) is 5.51. The Kier molecular flexibility index (Phi) is 4.49. The van der Waals surface area contributed by atoms with Crippen LogP contribution in [-0.4, -0.2) is 0 Å². The van der Waals surface area contributed by atoms with Gasteiger partial charge >= 0.3 is 0 Å². The van der Waals surface area contributed by atoms with E-state index in [0.29, 0.717) is 22.2 Å². The minimum Gasteiger partial charge on any atom is -0.381 e. The molecule has 0 spiro atoms. The van der Waals surface area contributed by atoms with Gasteiger partial charge in [0.05, 0.1) is 10.0 Å². The van der Waals surface area contributed by atoms with E-state index in [9.17, 15) is 4.39 Å². The molecule has 0 fully saturated rings. The van der Waals surface area contributed by atoms with Gasteiger partial charge in [-0.25, -0.2) is 4.39 Å². The second kappa shape index (κ2) is 5.91. The van der Waals surface area contributed by atoms with Crippen molar-refractivity contribution in [1.29, 1.82) is 0 Å². The topological polar surface area (TPSA) is 12.0 Å². The molecule has 94 valence electrons. The third-order valence-electron chi connectivity index (χ3n) is 2.42. The highest BCUT2D eigenvalue weighted by molar-refractivity contribution is 9.10. The Hall–Kier alpha value is -0.770. The van der Waals surface area contributed by atoms with Crippen molar-refractivity contribution in [3.05, 3.63) is 62.3 Å². The summed E-state index contributed by atoms with van der Waals surface area (Å²) in [6, 6.07) is 10.2. The molecule has 0 aliphatic carbocycles. The number of benzene rings is 2. The molecule has 0 heterocycles. The molecule has 1 N–H and O–H groups in total. The molecule has 2 rings (SSSR count). The Labute approximate surface area is 123 Å². The molecule has 2 aromatic carbocycles. The van der Waals surface area contributed by atoms with Crippen molar-refractivity contribution in [2.24, 2.45) is 0 Å². The molecule has 0 radical (unpaired) electrons. The van der Waals surface area contributed by atoms with Gasteiger partial charge in [0.25, 0.3) is 0 Å². The molecular formula is C13H9BrCl2FN. The molecule has 1 nitrogen and oxygen atoms in total. The molecule has 0 aliphatic rings. The van der Waals surface area contributed by atoms with Crippen molar-refractivity contribution in [1.82, 2.24) is 0 Å². The van der Waals surface area contributed by atoms with Crippen LogP contribution in [0.1, 0.15) is 5.56 Å². The summed E-state index contributed by atoms with van der Waals surface area (Å²) >= 11 is 14.9. The summed E-state index contributed by atoms with van der Waals surface area (Å²) in [5.74, 6) is -0.253. The summed E-state index contributed by atoms with van der Waals surface area (Å²) in [6.45, 7) is 0.386. The van der Waals surface area contributed by atoms with Gasteiger partial charge in [-0.3, -0.25) is 0 Å². The minimum absolute atomic E-state index is 0.253. The van der Waals surface area contributed by atoms with Gasteiger partial charge in [-0.2, -0.15) is 0 Å². The van der Waals surface area contributed by atoms with Gasteiger partial charge in [0.1, 0.15) is 5.82 Å². The Morgan fingerprint density at radius 1 is 1.06 bits per heavy atom. The van der Waals surface area contributed by atoms with E-state index in [1.165, 1.54) is 6.07 Å². The largest absolute Gasteiger partial charge is 0.381 e. The smallest absolute Gasteiger partial charge is 0.129 e. The number of rotatable bonds is 3. The quantitative estimate of drug-likeness (QED) is 0.771. The Balaban J connectivity index is 2.09. The molecule has 0 aliphatic heterocycles. The van der Waals surface area contributed by atoms with Gasteiger partial charge in [0.2, 0.25) is 0 Å². The van der Waals surface area contributed by atoms with Gasteiger partial charge in [0.15, 0.2) is 0 Å². The highest BCUT2D eigenvalue weighted by Crippen LogP contribution is 2.25. The van der Waals surface area contributed by atoms with Crippen molar-refractivity contribution in [3.8, 4) is 0 Å². The summed E-state index contributed by atoms with van der Waals surface area (Å²) in [7, 11) is 0. The molecule has 0 saturated carbocycles. The second-order valence-corrected chi connectivity index (χ2v) is 5.45. The van der Waals surface area contributed by atoms with Crippen LogP contribution in [-0.2, 0) is 6.54 Å². The van der Waals surface area contributed by atoms with E-state index < -0.39 is 0 Å². The van der Waals surface area contributed by atoms with Crippen LogP contribution in [0.2, 0.25) is 10.0 Å². The van der Waals surface area contributed by atoms with E-state index >= 15 is 0 Å². The highest BCUT2D eigenvalue weighted by atomic mass is 79.9. The van der Waals surface area contributed by atoms with Crippen molar-refractivity contribution < 1.29 is 4.39 Å². The molecule has 0 saturated heterocycles. The van der Waals surface area contributed by atoms with Crippen LogP contribution in [0.4, 0.5) is 10.1 Å². The first kappa shape index (κ1) is 13.7. The third kappa shape index (κ3) is 3.37. The second-order valence-electron chi connectivity index (χ2n) is 3.72. The fourth-order valence-corrected chi connectivity index (χ4v) is 2.10. The lowest BCUT2D eigenvalue weighted by atomic mass is 10.2. The third-order valence-corrected chi connectivity index (χ3v) is 3.65. The van der Waals surface area contributed by atoms with Crippen LogP contribution in [0.5, 0.6) is 0 Å². The van der Waals surface area contributed by atoms with E-state index in [1.54, 1.807) is 30.3 Å². The fourth-order valence-electron chi connectivity index (χ4n) is 1.47. The molecule has 5 heteroatoms. The predicted molar refractivity (Wildman–Crippen MR) is 77.9 cm³/mol. The zero-order valence-electron chi connectivity index (χ0n) is 9.18. The molecular weight excluding hydrogens is 340 g/mol. The summed E-state index contributed by atoms with van der Waals surface area (Å²) in [5, 5.41) is 4.06. The van der Waals surface area contributed by atoms with E-state index in [1.807, 2.05) is 0 Å². The Morgan fingerprint density at radius 2 is 1.83 bits per heavy atom. The van der Waals surface area contributed by atoms with E-state index in [4.69, 9.17) is 23.2 Å². The first-order valence-electron chi connectivity index (χ1n) is 5.19. The Bertz CT molecular complexity index is 575. The Morgan fingerprint density at radius 3 is 2.50 bits per heavy atom. The van der Waals surface area contributed by atoms with Crippen LogP contribution in [0.15, 0.2) is 40.9 Å². The summed E-state index contributed by atoms with van der Waals surface area (Å²) in [6.07, 6.45) is 0. The SMILES string of the molecule is Fc1cc(Br)ccc1CNc1ccc(Cl)c(Cl)c1. The van der Waals surface area contributed by atoms with E-state index in [-0.39, 0.29) is 5.82 Å². The van der Waals surface area contributed by atoms with E-state index in [0.717, 1.165) is 10.2 Å². The number of nitrogens with one attached hydrogen (secondary N) is 1. The normalized spacial score (nSPS) is 10.4. The molecule has 18 heavy (non-hydrogen) atoms. The van der Waals surface area contributed by atoms with Crippen molar-refractivity contribution >= 4 is 44.8 Å². The van der Waals surface area contributed by atoms with Crippen molar-refractivity contribution in [2.45, 2.75) is 6.54 Å². The first-order valence-corrected chi connectivity index (χ1v) is 6.74. The maximum Gasteiger partial charge on any atom is 0.129 e. The molecule has 0 aromatic heterocycles. The van der Waals surface area contributed by atoms with Gasteiger partial charge < -0.3 is 5.32 Å². The average molecular weight is 349 g/mol. The number of halogens is 4. The van der Waals surface area contributed by atoms with Gasteiger partial charge in [-0.1, -0.05) is 45.2 Å². The van der Waals surface area contributed by atoms with Crippen molar-refractivity contribution in [2.75, 3.05) is 5.32 Å². The average Bonchev–Trinajstić information content (AvgIpc) is 2.32. The lowest BCUT2D eigenvalue weighted by molar-refractivity contribution is 0.612. The first-order chi connectivity index (χ1) is 8.56. The molecule has 0 amide bonds. The number of hydrogen-bond acceptors (Lipinski definition) is 1. The van der Waals surface area contributed by atoms with E-state index in [2.05, 4.69) is 21.2 Å². The number of hydrogen-bond donors (Lipinski definition) is 1. The summed E-state index contributed by atoms with van der Waals surface area (Å²) < 4.78 is 14.3. The van der Waals surface area contributed by atoms with Crippen LogP contribution >= 0.6 is 39.1 Å². The highest BCUT2D eigenvalue weighted by Gasteiger charge is 2.03. The zero-order chi connectivity index (χ0) is 13.1. The van der Waals surface area contributed by atoms with Crippen LogP contribution < -0.4 is 5.32 Å². The molecule has 0 atom stereocenters. The maximum atomic E-state index is 13.6. The van der Waals surface area contributed by atoms with Crippen LogP contribution in [0.3, 0.4) is 0 Å². The van der Waals surface area contributed by atoms with Gasteiger partial charge in [0, 0.05) is 22.3 Å². The van der Waals surface area contributed by atoms with Gasteiger partial charge in [-0.15, -0.1) is 0 Å². The molecule has 0 bridgehead atoms. The standard InChI is InChI=1S/C13H9BrCl2FN/c14-9-2-1-8(13(17)5-9)7-18-10-3-4-11(15)12(16)6-10/h1-6,18H,7H2.